The van der Waals surface area contributed by atoms with Gasteiger partial charge in [-0.2, -0.15) is 5.10 Å². The lowest BCUT2D eigenvalue weighted by molar-refractivity contribution is 0.0856. The van der Waals surface area contributed by atoms with Crippen LogP contribution in [-0.4, -0.2) is 58.8 Å². The van der Waals surface area contributed by atoms with Crippen LogP contribution in [0.3, 0.4) is 0 Å². The Morgan fingerprint density at radius 3 is 2.86 bits per heavy atom. The number of rotatable bonds is 9. The van der Waals surface area contributed by atoms with Gasteiger partial charge in [0, 0.05) is 40.8 Å². The van der Waals surface area contributed by atoms with Gasteiger partial charge in [-0.3, -0.25) is 4.79 Å². The van der Waals surface area contributed by atoms with Crippen LogP contribution in [0.2, 0.25) is 5.02 Å². The number of benzene rings is 2. The number of likely N-dealkylation sites (N-methyl/N-ethyl adjacent to an activating group) is 1. The summed E-state index contributed by atoms with van der Waals surface area (Å²) in [6, 6.07) is 11.8. The lowest BCUT2D eigenvalue weighted by atomic mass is 9.89. The highest BCUT2D eigenvalue weighted by Crippen LogP contribution is 2.35. The number of carbonyl (C=O) groups excluding carboxylic acids is 1. The average molecular weight is 507 g/mol. The summed E-state index contributed by atoms with van der Waals surface area (Å²) in [7, 11) is 1.62. The number of nitrogens with zero attached hydrogens (tertiary/aromatic N) is 3. The molecule has 0 amide bonds. The number of aromatic amines is 1. The van der Waals surface area contributed by atoms with Crippen molar-refractivity contribution in [2.24, 2.45) is 5.92 Å². The number of hydrogen-bond donors (Lipinski definition) is 1. The van der Waals surface area contributed by atoms with Crippen LogP contribution in [0.15, 0.2) is 48.8 Å². The maximum Gasteiger partial charge on any atom is 0.216 e. The van der Waals surface area contributed by atoms with Crippen molar-refractivity contribution in [1.82, 2.24) is 19.7 Å². The van der Waals surface area contributed by atoms with E-state index in [0.717, 1.165) is 65.1 Å². The fraction of sp³-hybridized carbons (Fsp3) is 0.357. The topological polar surface area (TPSA) is 72.4 Å². The summed E-state index contributed by atoms with van der Waals surface area (Å²) in [5.41, 5.74) is 4.60. The van der Waals surface area contributed by atoms with Gasteiger partial charge in [0.2, 0.25) is 5.88 Å². The molecular formula is C28H31ClN4O3. The highest BCUT2D eigenvalue weighted by molar-refractivity contribution is 6.30. The van der Waals surface area contributed by atoms with Crippen molar-refractivity contribution >= 4 is 28.3 Å². The van der Waals surface area contributed by atoms with Gasteiger partial charge in [-0.25, -0.2) is 5.10 Å². The zero-order chi connectivity index (χ0) is 25.2. The number of fused-ring (bicyclic) bond motifs is 2. The predicted molar refractivity (Wildman–Crippen MR) is 142 cm³/mol. The Balaban J connectivity index is 1.52. The number of ketones is 1. The Morgan fingerprint density at radius 1 is 1.25 bits per heavy atom. The number of methoxy groups -OCH3 is 1. The van der Waals surface area contributed by atoms with Crippen LogP contribution >= 0.6 is 11.6 Å². The number of hydrogen-bond acceptors (Lipinski definition) is 5. The van der Waals surface area contributed by atoms with E-state index >= 15 is 0 Å². The van der Waals surface area contributed by atoms with Gasteiger partial charge >= 0.3 is 0 Å². The van der Waals surface area contributed by atoms with Crippen LogP contribution < -0.4 is 9.47 Å². The highest BCUT2D eigenvalue weighted by atomic mass is 35.5. The van der Waals surface area contributed by atoms with Crippen molar-refractivity contribution in [3.8, 4) is 22.8 Å². The largest absolute Gasteiger partial charge is 0.493 e. The second-order valence-electron chi connectivity index (χ2n) is 9.14. The first-order chi connectivity index (χ1) is 17.5. The summed E-state index contributed by atoms with van der Waals surface area (Å²) in [6.45, 7) is 8.37. The van der Waals surface area contributed by atoms with Gasteiger partial charge in [0.15, 0.2) is 5.78 Å². The van der Waals surface area contributed by atoms with Crippen LogP contribution in [0.1, 0.15) is 29.8 Å². The summed E-state index contributed by atoms with van der Waals surface area (Å²) in [4.78, 5) is 16.2. The Morgan fingerprint density at radius 2 is 2.08 bits per heavy atom. The number of halogens is 1. The van der Waals surface area contributed by atoms with E-state index in [0.29, 0.717) is 23.9 Å². The van der Waals surface area contributed by atoms with E-state index in [1.807, 2.05) is 36.5 Å². The van der Waals surface area contributed by atoms with Crippen LogP contribution in [0.5, 0.6) is 11.6 Å². The molecule has 4 aromatic rings. The van der Waals surface area contributed by atoms with E-state index in [2.05, 4.69) is 39.6 Å². The maximum atomic E-state index is 13.8. The molecule has 0 saturated carbocycles. The van der Waals surface area contributed by atoms with Crippen molar-refractivity contribution in [1.29, 1.82) is 0 Å². The summed E-state index contributed by atoms with van der Waals surface area (Å²) in [6.07, 6.45) is 4.39. The van der Waals surface area contributed by atoms with Crippen LogP contribution in [0.4, 0.5) is 0 Å². The fourth-order valence-electron chi connectivity index (χ4n) is 5.02. The number of Topliss-reactive ketones (excluding diaryl/α,β-unsaturated/α-hetero) is 1. The summed E-state index contributed by atoms with van der Waals surface area (Å²) < 4.78 is 13.6. The fourth-order valence-corrected chi connectivity index (χ4v) is 5.21. The molecule has 0 fully saturated rings. The van der Waals surface area contributed by atoms with Crippen LogP contribution in [-0.2, 0) is 13.0 Å². The molecule has 0 radical (unpaired) electrons. The summed E-state index contributed by atoms with van der Waals surface area (Å²) in [5, 5.41) is 8.62. The van der Waals surface area contributed by atoms with Gasteiger partial charge in [0.05, 0.1) is 31.4 Å². The second kappa shape index (κ2) is 10.4. The second-order valence-corrected chi connectivity index (χ2v) is 9.58. The van der Waals surface area contributed by atoms with Gasteiger partial charge in [-0.05, 0) is 54.9 Å². The third-order valence-corrected chi connectivity index (χ3v) is 7.35. The van der Waals surface area contributed by atoms with Gasteiger partial charge in [-0.1, -0.05) is 37.6 Å². The highest BCUT2D eigenvalue weighted by Gasteiger charge is 2.29. The van der Waals surface area contributed by atoms with Gasteiger partial charge in [0.25, 0.3) is 0 Å². The van der Waals surface area contributed by atoms with E-state index < -0.39 is 0 Å². The molecule has 36 heavy (non-hydrogen) atoms. The Bertz CT molecular complexity index is 1390. The molecular weight excluding hydrogens is 476 g/mol. The van der Waals surface area contributed by atoms with E-state index in [1.165, 1.54) is 0 Å². The van der Waals surface area contributed by atoms with Gasteiger partial charge in [0.1, 0.15) is 5.75 Å². The molecule has 5 rings (SSSR count). The minimum Gasteiger partial charge on any atom is -0.493 e. The maximum absolute atomic E-state index is 13.8. The van der Waals surface area contributed by atoms with Crippen molar-refractivity contribution in [2.45, 2.75) is 26.8 Å². The average Bonchev–Trinajstić information content (AvgIpc) is 3.53. The Hall–Kier alpha value is -3.29. The monoisotopic (exact) mass is 506 g/mol. The first-order valence-electron chi connectivity index (χ1n) is 12.4. The lowest BCUT2D eigenvalue weighted by Crippen LogP contribution is -2.28. The quantitative estimate of drug-likeness (QED) is 0.305. The molecule has 1 unspecified atom stereocenters. The van der Waals surface area contributed by atoms with Crippen molar-refractivity contribution < 1.29 is 14.3 Å². The van der Waals surface area contributed by atoms with Gasteiger partial charge < -0.3 is 18.9 Å². The zero-order valence-electron chi connectivity index (χ0n) is 20.9. The zero-order valence-corrected chi connectivity index (χ0v) is 21.6. The predicted octanol–water partition coefficient (Wildman–Crippen LogP) is 5.47. The van der Waals surface area contributed by atoms with E-state index in [-0.39, 0.29) is 11.7 Å². The first kappa shape index (κ1) is 24.4. The molecule has 2 aromatic heterocycles. The van der Waals surface area contributed by atoms with Crippen molar-refractivity contribution in [2.75, 3.05) is 33.4 Å². The molecule has 188 valence electrons. The Labute approximate surface area is 216 Å². The SMILES string of the molecule is CCN(CC)CCn1cc(C(=O)C2COc3ccc(Cl)cc3C2)c2ccc(-c3cn[nH]c3OC)cc21. The summed E-state index contributed by atoms with van der Waals surface area (Å²) in [5.74, 6) is 1.26. The molecule has 0 bridgehead atoms. The number of nitrogens with one attached hydrogen (secondary N) is 1. The van der Waals surface area contributed by atoms with Crippen molar-refractivity contribution in [3.63, 3.8) is 0 Å². The van der Waals surface area contributed by atoms with Crippen LogP contribution in [0.25, 0.3) is 22.0 Å². The summed E-state index contributed by atoms with van der Waals surface area (Å²) >= 11 is 6.20. The van der Waals surface area contributed by atoms with E-state index in [4.69, 9.17) is 21.1 Å². The van der Waals surface area contributed by atoms with Gasteiger partial charge in [-0.15, -0.1) is 0 Å². The third kappa shape index (κ3) is 4.61. The third-order valence-electron chi connectivity index (χ3n) is 7.12. The smallest absolute Gasteiger partial charge is 0.216 e. The number of ether oxygens (including phenoxy) is 2. The van der Waals surface area contributed by atoms with E-state index in [1.54, 1.807) is 13.3 Å². The number of aromatic nitrogens is 3. The molecule has 0 saturated heterocycles. The molecule has 1 aliphatic rings. The molecule has 1 aliphatic heterocycles. The molecule has 0 aliphatic carbocycles. The standard InChI is InChI=1S/C28H31ClN4O3/c1-4-32(5-2)10-11-33-16-24(27(34)20-12-19-13-21(29)7-9-26(19)36-17-20)22-8-6-18(14-25(22)33)23-15-30-31-28(23)35-3/h6-9,13-16,20H,4-5,10-12,17H2,1-3H3,(H,30,31). The lowest BCUT2D eigenvalue weighted by Gasteiger charge is -2.24. The number of carbonyl (C=O) groups is 1. The molecule has 2 aromatic carbocycles. The molecule has 7 nitrogen and oxygen atoms in total. The van der Waals surface area contributed by atoms with E-state index in [9.17, 15) is 4.79 Å². The minimum atomic E-state index is -0.258. The van der Waals surface area contributed by atoms with Crippen LogP contribution in [0, 0.1) is 5.92 Å². The normalized spacial score (nSPS) is 15.2. The minimum absolute atomic E-state index is 0.0980. The Kier molecular flexibility index (Phi) is 7.03. The number of H-pyrrole nitrogens is 1. The molecule has 1 atom stereocenters. The molecule has 3 heterocycles. The first-order valence-corrected chi connectivity index (χ1v) is 12.8. The van der Waals surface area contributed by atoms with Crippen molar-refractivity contribution in [3.05, 3.63) is 64.9 Å². The molecule has 1 N–H and O–H groups in total. The molecule has 0 spiro atoms. The molecule has 8 heteroatoms.